The number of aromatic nitrogens is 1. The highest BCUT2D eigenvalue weighted by atomic mass is 14.7. The van der Waals surface area contributed by atoms with Crippen LogP contribution in [0, 0.1) is 0 Å². The Kier molecular flexibility index (Phi) is 2.45. The summed E-state index contributed by atoms with van der Waals surface area (Å²) in [7, 11) is 0. The third kappa shape index (κ3) is 1.44. The van der Waals surface area contributed by atoms with Crippen LogP contribution in [0.2, 0.25) is 0 Å². The Morgan fingerprint density at radius 3 is 2.36 bits per heavy atom. The van der Waals surface area contributed by atoms with Crippen molar-refractivity contribution in [2.75, 3.05) is 0 Å². The summed E-state index contributed by atoms with van der Waals surface area (Å²) >= 11 is 0. The van der Waals surface area contributed by atoms with Gasteiger partial charge in [0.05, 0.1) is 11.1 Å². The van der Waals surface area contributed by atoms with Gasteiger partial charge in [0.1, 0.15) is 0 Å². The Morgan fingerprint density at radius 1 is 0.760 bits per heavy atom. The van der Waals surface area contributed by atoms with Crippen molar-refractivity contribution in [1.82, 2.24) is 4.98 Å². The van der Waals surface area contributed by atoms with Crippen molar-refractivity contribution in [3.05, 3.63) is 107 Å². The molecule has 25 heavy (non-hydrogen) atoms. The summed E-state index contributed by atoms with van der Waals surface area (Å²) in [4.78, 5) is 4.78. The fraction of sp³-hybridized carbons (Fsp3) is 0.125. The number of hydrogen-bond donors (Lipinski definition) is 0. The Hall–Kier alpha value is -2.93. The molecule has 1 spiro atoms. The van der Waals surface area contributed by atoms with Gasteiger partial charge in [-0.1, -0.05) is 66.7 Å². The van der Waals surface area contributed by atoms with Crippen LogP contribution < -0.4 is 0 Å². The number of benzene rings is 2. The monoisotopic (exact) mass is 319 g/mol. The van der Waals surface area contributed by atoms with E-state index in [0.717, 1.165) is 18.5 Å². The van der Waals surface area contributed by atoms with Gasteiger partial charge in [-0.25, -0.2) is 0 Å². The molecule has 3 aromatic rings. The zero-order valence-electron chi connectivity index (χ0n) is 13.9. The first-order valence-corrected chi connectivity index (χ1v) is 8.98. The van der Waals surface area contributed by atoms with Crippen LogP contribution in [0.3, 0.4) is 0 Å². The van der Waals surface area contributed by atoms with Crippen LogP contribution in [0.1, 0.15) is 35.1 Å². The molecule has 1 nitrogen and oxygen atoms in total. The molecule has 3 aliphatic rings. The number of rotatable bonds is 0. The third-order valence-corrected chi connectivity index (χ3v) is 6.03. The van der Waals surface area contributed by atoms with E-state index in [1.807, 2.05) is 6.20 Å². The standard InChI is InChI=1S/C24H17N/c1-4-11-19-16(8-1)17-9-2-5-12-20(17)24(19)21-13-6-3-10-18(21)23-22(24)14-7-15-25-23/h1,3-8,10-15H,2,9H2. The van der Waals surface area contributed by atoms with Gasteiger partial charge >= 0.3 is 0 Å². The molecule has 0 aliphatic heterocycles. The van der Waals surface area contributed by atoms with Crippen LogP contribution in [-0.2, 0) is 5.41 Å². The molecular formula is C24H17N. The lowest BCUT2D eigenvalue weighted by Crippen LogP contribution is -2.27. The Balaban J connectivity index is 1.84. The van der Waals surface area contributed by atoms with Gasteiger partial charge in [-0.05, 0) is 52.3 Å². The summed E-state index contributed by atoms with van der Waals surface area (Å²) in [5, 5.41) is 0. The van der Waals surface area contributed by atoms with Crippen LogP contribution in [0.25, 0.3) is 16.8 Å². The van der Waals surface area contributed by atoms with E-state index in [1.165, 1.54) is 39.0 Å². The van der Waals surface area contributed by atoms with Gasteiger partial charge in [0, 0.05) is 11.8 Å². The van der Waals surface area contributed by atoms with Gasteiger partial charge in [-0.3, -0.25) is 4.98 Å². The van der Waals surface area contributed by atoms with Gasteiger partial charge in [-0.15, -0.1) is 0 Å². The summed E-state index contributed by atoms with van der Waals surface area (Å²) in [6, 6.07) is 22.2. The van der Waals surface area contributed by atoms with Crippen LogP contribution in [0.15, 0.2) is 84.6 Å². The highest BCUT2D eigenvalue weighted by molar-refractivity contribution is 5.94. The largest absolute Gasteiger partial charge is 0.256 e. The first kappa shape index (κ1) is 13.4. The minimum atomic E-state index is -0.191. The van der Waals surface area contributed by atoms with E-state index in [4.69, 9.17) is 4.98 Å². The first-order chi connectivity index (χ1) is 12.4. The average molecular weight is 319 g/mol. The molecule has 0 radical (unpaired) electrons. The molecule has 118 valence electrons. The molecule has 0 fully saturated rings. The van der Waals surface area contributed by atoms with E-state index >= 15 is 0 Å². The number of hydrogen-bond acceptors (Lipinski definition) is 1. The van der Waals surface area contributed by atoms with Crippen molar-refractivity contribution in [1.29, 1.82) is 0 Å². The Labute approximate surface area is 147 Å². The molecule has 3 aliphatic carbocycles. The maximum Gasteiger partial charge on any atom is 0.0753 e. The molecule has 6 rings (SSSR count). The Morgan fingerprint density at radius 2 is 1.48 bits per heavy atom. The van der Waals surface area contributed by atoms with Crippen LogP contribution in [0.4, 0.5) is 0 Å². The molecule has 1 atom stereocenters. The van der Waals surface area contributed by atoms with Gasteiger partial charge in [0.25, 0.3) is 0 Å². The second-order valence-electron chi connectivity index (χ2n) is 7.07. The second-order valence-corrected chi connectivity index (χ2v) is 7.07. The summed E-state index contributed by atoms with van der Waals surface area (Å²) in [6.07, 6.45) is 8.88. The fourth-order valence-corrected chi connectivity index (χ4v) is 5.18. The van der Waals surface area contributed by atoms with E-state index < -0.39 is 0 Å². The molecule has 0 amide bonds. The molecule has 0 bridgehead atoms. The van der Waals surface area contributed by atoms with Gasteiger partial charge < -0.3 is 0 Å². The van der Waals surface area contributed by atoms with E-state index in [-0.39, 0.29) is 5.41 Å². The predicted molar refractivity (Wildman–Crippen MR) is 101 cm³/mol. The Bertz CT molecular complexity index is 1050. The number of allylic oxidation sites excluding steroid dienone is 4. The predicted octanol–water partition coefficient (Wildman–Crippen LogP) is 5.51. The summed E-state index contributed by atoms with van der Waals surface area (Å²) in [6.45, 7) is 0. The maximum atomic E-state index is 4.78. The molecule has 2 aromatic carbocycles. The molecule has 1 heterocycles. The van der Waals surface area contributed by atoms with Gasteiger partial charge in [0.2, 0.25) is 0 Å². The average Bonchev–Trinajstić information content (AvgIpc) is 3.16. The summed E-state index contributed by atoms with van der Waals surface area (Å²) < 4.78 is 0. The SMILES string of the molecule is C1=CC2=C(CC1)c1ccccc1C21c2ccccc2-c2ncccc21. The van der Waals surface area contributed by atoms with E-state index in [2.05, 4.69) is 72.8 Å². The van der Waals surface area contributed by atoms with Crippen LogP contribution in [0.5, 0.6) is 0 Å². The highest BCUT2D eigenvalue weighted by Crippen LogP contribution is 2.62. The van der Waals surface area contributed by atoms with Crippen molar-refractivity contribution in [3.8, 4) is 11.3 Å². The lowest BCUT2D eigenvalue weighted by atomic mass is 9.69. The lowest BCUT2D eigenvalue weighted by molar-refractivity contribution is 0.778. The quantitative estimate of drug-likeness (QED) is 0.532. The molecule has 0 saturated heterocycles. The molecule has 0 N–H and O–H groups in total. The van der Waals surface area contributed by atoms with Gasteiger partial charge in [0.15, 0.2) is 0 Å². The third-order valence-electron chi connectivity index (χ3n) is 6.03. The van der Waals surface area contributed by atoms with E-state index in [0.29, 0.717) is 0 Å². The van der Waals surface area contributed by atoms with Crippen LogP contribution >= 0.6 is 0 Å². The topological polar surface area (TPSA) is 12.9 Å². The van der Waals surface area contributed by atoms with E-state index in [9.17, 15) is 0 Å². The van der Waals surface area contributed by atoms with Crippen LogP contribution in [-0.4, -0.2) is 4.98 Å². The lowest BCUT2D eigenvalue weighted by Gasteiger charge is -2.31. The first-order valence-electron chi connectivity index (χ1n) is 8.98. The van der Waals surface area contributed by atoms with E-state index in [1.54, 1.807) is 0 Å². The number of fused-ring (bicyclic) bond motifs is 9. The van der Waals surface area contributed by atoms with Crippen molar-refractivity contribution in [2.45, 2.75) is 18.3 Å². The maximum absolute atomic E-state index is 4.78. The van der Waals surface area contributed by atoms with Crippen molar-refractivity contribution < 1.29 is 0 Å². The zero-order valence-corrected chi connectivity index (χ0v) is 13.9. The van der Waals surface area contributed by atoms with Crippen molar-refractivity contribution >= 4 is 5.57 Å². The molecule has 1 heteroatoms. The van der Waals surface area contributed by atoms with Crippen molar-refractivity contribution in [2.24, 2.45) is 0 Å². The fourth-order valence-electron chi connectivity index (χ4n) is 5.18. The summed E-state index contributed by atoms with van der Waals surface area (Å²) in [5.74, 6) is 0. The summed E-state index contributed by atoms with van der Waals surface area (Å²) in [5.41, 5.74) is 10.8. The molecule has 1 unspecified atom stereocenters. The molecule has 0 saturated carbocycles. The molecule has 1 aromatic heterocycles. The normalized spacial score (nSPS) is 21.9. The number of pyridine rings is 1. The number of nitrogens with zero attached hydrogens (tertiary/aromatic N) is 1. The second kappa shape index (κ2) is 4.58. The minimum absolute atomic E-state index is 0.191. The highest BCUT2D eigenvalue weighted by Gasteiger charge is 2.52. The van der Waals surface area contributed by atoms with Crippen molar-refractivity contribution in [3.63, 3.8) is 0 Å². The smallest absolute Gasteiger partial charge is 0.0753 e. The minimum Gasteiger partial charge on any atom is -0.256 e. The van der Waals surface area contributed by atoms with Gasteiger partial charge in [-0.2, -0.15) is 0 Å². The molecular weight excluding hydrogens is 302 g/mol. The zero-order chi connectivity index (χ0) is 16.4.